The number of rotatable bonds is 11. The normalized spacial score (nSPS) is 14.2. The van der Waals surface area contributed by atoms with Crippen LogP contribution in [-0.2, 0) is 4.79 Å². The van der Waals surface area contributed by atoms with Crippen LogP contribution in [0.15, 0.2) is 0 Å². The summed E-state index contributed by atoms with van der Waals surface area (Å²) in [5.41, 5.74) is 0. The summed E-state index contributed by atoms with van der Waals surface area (Å²) in [4.78, 5) is 11.4. The SMILES string of the molecule is CCCCCCCC(O)C(CO)NC(=O)CCC. The molecule has 0 saturated heterocycles. The predicted molar refractivity (Wildman–Crippen MR) is 73.3 cm³/mol. The maximum absolute atomic E-state index is 11.4. The van der Waals surface area contributed by atoms with Crippen LogP contribution in [0.4, 0.5) is 0 Å². The van der Waals surface area contributed by atoms with Gasteiger partial charge in [0.05, 0.1) is 18.8 Å². The second-order valence-electron chi connectivity index (χ2n) is 4.88. The molecule has 1 amide bonds. The quantitative estimate of drug-likeness (QED) is 0.497. The summed E-state index contributed by atoms with van der Waals surface area (Å²) in [7, 11) is 0. The molecule has 0 bridgehead atoms. The fourth-order valence-corrected chi connectivity index (χ4v) is 1.93. The standard InChI is InChI=1S/C14H29NO3/c1-3-5-6-7-8-10-13(17)12(11-16)15-14(18)9-4-2/h12-13,16-17H,3-11H2,1-2H3,(H,15,18). The first-order chi connectivity index (χ1) is 8.65. The lowest BCUT2D eigenvalue weighted by molar-refractivity contribution is -0.123. The van der Waals surface area contributed by atoms with E-state index in [1.165, 1.54) is 19.3 Å². The molecule has 2 unspecified atom stereocenters. The van der Waals surface area contributed by atoms with E-state index in [9.17, 15) is 15.0 Å². The molecule has 0 aliphatic carbocycles. The molecule has 0 radical (unpaired) electrons. The van der Waals surface area contributed by atoms with Gasteiger partial charge in [-0.15, -0.1) is 0 Å². The van der Waals surface area contributed by atoms with Crippen LogP contribution < -0.4 is 5.32 Å². The zero-order valence-electron chi connectivity index (χ0n) is 11.8. The van der Waals surface area contributed by atoms with Crippen molar-refractivity contribution in [2.24, 2.45) is 0 Å². The topological polar surface area (TPSA) is 69.6 Å². The molecule has 0 spiro atoms. The van der Waals surface area contributed by atoms with Crippen molar-refractivity contribution in [3.63, 3.8) is 0 Å². The lowest BCUT2D eigenvalue weighted by Crippen LogP contribution is -2.45. The van der Waals surface area contributed by atoms with Crippen molar-refractivity contribution >= 4 is 5.91 Å². The number of unbranched alkanes of at least 4 members (excludes halogenated alkanes) is 4. The highest BCUT2D eigenvalue weighted by Gasteiger charge is 2.19. The van der Waals surface area contributed by atoms with Crippen LogP contribution in [0.5, 0.6) is 0 Å². The van der Waals surface area contributed by atoms with Crippen molar-refractivity contribution in [1.82, 2.24) is 5.32 Å². The number of carbonyl (C=O) groups excluding carboxylic acids is 1. The minimum Gasteiger partial charge on any atom is -0.394 e. The summed E-state index contributed by atoms with van der Waals surface area (Å²) in [6.07, 6.45) is 6.89. The van der Waals surface area contributed by atoms with Gasteiger partial charge in [-0.1, -0.05) is 46.0 Å². The van der Waals surface area contributed by atoms with Crippen LogP contribution in [0.3, 0.4) is 0 Å². The molecule has 4 heteroatoms. The molecule has 0 aromatic heterocycles. The summed E-state index contributed by atoms with van der Waals surface area (Å²) in [5, 5.41) is 21.8. The van der Waals surface area contributed by atoms with Gasteiger partial charge in [0.1, 0.15) is 0 Å². The van der Waals surface area contributed by atoms with Crippen LogP contribution in [0.1, 0.15) is 65.2 Å². The lowest BCUT2D eigenvalue weighted by atomic mass is 10.0. The number of aliphatic hydroxyl groups excluding tert-OH is 2. The Kier molecular flexibility index (Phi) is 11.1. The summed E-state index contributed by atoms with van der Waals surface area (Å²) in [6, 6.07) is -0.518. The maximum atomic E-state index is 11.4. The Hall–Kier alpha value is -0.610. The molecule has 2 atom stereocenters. The fraction of sp³-hybridized carbons (Fsp3) is 0.929. The molecular weight excluding hydrogens is 230 g/mol. The van der Waals surface area contributed by atoms with Crippen molar-refractivity contribution in [3.05, 3.63) is 0 Å². The summed E-state index contributed by atoms with van der Waals surface area (Å²) < 4.78 is 0. The van der Waals surface area contributed by atoms with Crippen molar-refractivity contribution in [2.75, 3.05) is 6.61 Å². The van der Waals surface area contributed by atoms with Crippen LogP contribution in [-0.4, -0.2) is 34.9 Å². The molecule has 0 fully saturated rings. The number of hydrogen-bond donors (Lipinski definition) is 3. The van der Waals surface area contributed by atoms with Gasteiger partial charge in [0.15, 0.2) is 0 Å². The Morgan fingerprint density at radius 2 is 1.78 bits per heavy atom. The highest BCUT2D eigenvalue weighted by Crippen LogP contribution is 2.09. The third-order valence-corrected chi connectivity index (χ3v) is 3.09. The molecule has 18 heavy (non-hydrogen) atoms. The molecule has 0 aromatic carbocycles. The van der Waals surface area contributed by atoms with E-state index >= 15 is 0 Å². The Morgan fingerprint density at radius 1 is 1.11 bits per heavy atom. The minimum absolute atomic E-state index is 0.0958. The number of hydrogen-bond acceptors (Lipinski definition) is 3. The first-order valence-electron chi connectivity index (χ1n) is 7.23. The van der Waals surface area contributed by atoms with E-state index in [0.717, 1.165) is 19.3 Å². The Morgan fingerprint density at radius 3 is 2.33 bits per heavy atom. The second kappa shape index (κ2) is 11.5. The van der Waals surface area contributed by atoms with Gasteiger partial charge in [0, 0.05) is 6.42 Å². The number of amides is 1. The van der Waals surface area contributed by atoms with Crippen LogP contribution in [0, 0.1) is 0 Å². The van der Waals surface area contributed by atoms with Gasteiger partial charge in [0.2, 0.25) is 5.91 Å². The summed E-state index contributed by atoms with van der Waals surface area (Å²) >= 11 is 0. The number of carbonyl (C=O) groups is 1. The molecule has 108 valence electrons. The van der Waals surface area contributed by atoms with Gasteiger partial charge < -0.3 is 15.5 Å². The van der Waals surface area contributed by atoms with Gasteiger partial charge in [-0.05, 0) is 12.8 Å². The van der Waals surface area contributed by atoms with Crippen LogP contribution in [0.2, 0.25) is 0 Å². The maximum Gasteiger partial charge on any atom is 0.220 e. The smallest absolute Gasteiger partial charge is 0.220 e. The van der Waals surface area contributed by atoms with E-state index < -0.39 is 12.1 Å². The third-order valence-electron chi connectivity index (χ3n) is 3.09. The van der Waals surface area contributed by atoms with Crippen molar-refractivity contribution < 1.29 is 15.0 Å². The van der Waals surface area contributed by atoms with Gasteiger partial charge in [-0.2, -0.15) is 0 Å². The average molecular weight is 259 g/mol. The van der Waals surface area contributed by atoms with Gasteiger partial charge >= 0.3 is 0 Å². The molecule has 0 rings (SSSR count). The third kappa shape index (κ3) is 8.48. The van der Waals surface area contributed by atoms with E-state index in [0.29, 0.717) is 12.8 Å². The molecule has 0 aromatic rings. The van der Waals surface area contributed by atoms with Crippen LogP contribution >= 0.6 is 0 Å². The zero-order valence-corrected chi connectivity index (χ0v) is 11.8. The van der Waals surface area contributed by atoms with Crippen molar-refractivity contribution in [3.8, 4) is 0 Å². The van der Waals surface area contributed by atoms with E-state index in [-0.39, 0.29) is 12.5 Å². The Bertz CT molecular complexity index is 209. The van der Waals surface area contributed by atoms with E-state index in [1.807, 2.05) is 6.92 Å². The lowest BCUT2D eigenvalue weighted by Gasteiger charge is -2.22. The highest BCUT2D eigenvalue weighted by molar-refractivity contribution is 5.76. The Balaban J connectivity index is 3.80. The van der Waals surface area contributed by atoms with E-state index in [2.05, 4.69) is 12.2 Å². The largest absolute Gasteiger partial charge is 0.394 e. The van der Waals surface area contributed by atoms with Gasteiger partial charge in [0.25, 0.3) is 0 Å². The zero-order chi connectivity index (χ0) is 13.8. The first-order valence-corrected chi connectivity index (χ1v) is 7.23. The number of nitrogens with one attached hydrogen (secondary N) is 1. The second-order valence-corrected chi connectivity index (χ2v) is 4.88. The summed E-state index contributed by atoms with van der Waals surface area (Å²) in [5.74, 6) is -0.0958. The average Bonchev–Trinajstić information content (AvgIpc) is 2.35. The fourth-order valence-electron chi connectivity index (χ4n) is 1.93. The van der Waals surface area contributed by atoms with Gasteiger partial charge in [-0.3, -0.25) is 4.79 Å². The van der Waals surface area contributed by atoms with E-state index in [4.69, 9.17) is 0 Å². The monoisotopic (exact) mass is 259 g/mol. The molecule has 0 saturated carbocycles. The molecule has 4 nitrogen and oxygen atoms in total. The predicted octanol–water partition coefficient (Wildman–Crippen LogP) is 1.98. The molecular formula is C14H29NO3. The molecule has 3 N–H and O–H groups in total. The number of aliphatic hydroxyl groups is 2. The Labute approximate surface area is 111 Å². The summed E-state index contributed by atoms with van der Waals surface area (Å²) in [6.45, 7) is 3.89. The van der Waals surface area contributed by atoms with Crippen molar-refractivity contribution in [1.29, 1.82) is 0 Å². The highest BCUT2D eigenvalue weighted by atomic mass is 16.3. The molecule has 0 aliphatic heterocycles. The van der Waals surface area contributed by atoms with E-state index in [1.54, 1.807) is 0 Å². The van der Waals surface area contributed by atoms with Crippen LogP contribution in [0.25, 0.3) is 0 Å². The van der Waals surface area contributed by atoms with Gasteiger partial charge in [-0.25, -0.2) is 0 Å². The first kappa shape index (κ1) is 17.4. The molecule has 0 heterocycles. The van der Waals surface area contributed by atoms with Crippen molar-refractivity contribution in [2.45, 2.75) is 77.4 Å². The minimum atomic E-state index is -0.641. The molecule has 0 aliphatic rings.